The molecule has 2 aliphatic rings. The van der Waals surface area contributed by atoms with Crippen LogP contribution in [0, 0.1) is 16.0 Å². The Hall–Kier alpha value is -1.86. The van der Waals surface area contributed by atoms with Gasteiger partial charge in [0.05, 0.1) is 18.1 Å². The van der Waals surface area contributed by atoms with Gasteiger partial charge in [0.1, 0.15) is 0 Å². The van der Waals surface area contributed by atoms with E-state index in [4.69, 9.17) is 4.74 Å². The highest BCUT2D eigenvalue weighted by Crippen LogP contribution is 2.49. The van der Waals surface area contributed by atoms with Gasteiger partial charge in [-0.15, -0.1) is 0 Å². The summed E-state index contributed by atoms with van der Waals surface area (Å²) in [5.74, 6) is 0.657. The molecule has 0 bridgehead atoms. The monoisotopic (exact) mass is 307 g/mol. The summed E-state index contributed by atoms with van der Waals surface area (Å²) >= 11 is 0. The lowest BCUT2D eigenvalue weighted by molar-refractivity contribution is -0.385. The number of methoxy groups -OCH3 is 1. The summed E-state index contributed by atoms with van der Waals surface area (Å²) in [5.41, 5.74) is 0.584. The highest BCUT2D eigenvalue weighted by atomic mass is 16.6. The van der Waals surface area contributed by atoms with Crippen molar-refractivity contribution in [2.75, 3.05) is 33.3 Å². The number of phenolic OH excluding ortho intramolecular Hbond substituents is 1. The van der Waals surface area contributed by atoms with Crippen LogP contribution in [-0.2, 0) is 0 Å². The number of nitrogens with one attached hydrogen (secondary N) is 1. The van der Waals surface area contributed by atoms with Crippen LogP contribution in [0.4, 0.5) is 5.69 Å². The predicted molar refractivity (Wildman–Crippen MR) is 81.2 cm³/mol. The van der Waals surface area contributed by atoms with Crippen LogP contribution >= 0.6 is 0 Å². The van der Waals surface area contributed by atoms with Gasteiger partial charge >= 0.3 is 0 Å². The molecule has 0 aromatic heterocycles. The molecule has 1 heterocycles. The number of aromatic hydroxyl groups is 1. The zero-order valence-electron chi connectivity index (χ0n) is 12.6. The van der Waals surface area contributed by atoms with Gasteiger partial charge in [0.2, 0.25) is 0 Å². The van der Waals surface area contributed by atoms with Crippen molar-refractivity contribution in [3.63, 3.8) is 0 Å². The molecule has 1 atom stereocenters. The molecule has 3 rings (SSSR count). The molecule has 1 saturated heterocycles. The van der Waals surface area contributed by atoms with Crippen molar-refractivity contribution in [1.82, 2.24) is 10.2 Å². The number of ether oxygens (including phenoxy) is 1. The number of rotatable bonds is 5. The lowest BCUT2D eigenvalue weighted by Crippen LogP contribution is -2.45. The molecule has 22 heavy (non-hydrogen) atoms. The molecule has 1 saturated carbocycles. The smallest absolute Gasteiger partial charge is 0.273 e. The van der Waals surface area contributed by atoms with Gasteiger partial charge in [-0.3, -0.25) is 15.0 Å². The van der Waals surface area contributed by atoms with Gasteiger partial charge in [0, 0.05) is 43.9 Å². The van der Waals surface area contributed by atoms with Gasteiger partial charge < -0.3 is 15.2 Å². The SMILES string of the molecule is COc1cc([N+](=O)[O-])cc([C@H](C2CC2)N2CCNCC2)c1O. The first-order valence-electron chi connectivity index (χ1n) is 7.62. The molecule has 1 aliphatic heterocycles. The Balaban J connectivity index is 2.02. The molecule has 0 unspecified atom stereocenters. The number of nitrogens with zero attached hydrogens (tertiary/aromatic N) is 2. The molecular formula is C15H21N3O4. The lowest BCUT2D eigenvalue weighted by atomic mass is 9.97. The summed E-state index contributed by atoms with van der Waals surface area (Å²) in [7, 11) is 1.42. The molecule has 120 valence electrons. The molecule has 1 aromatic carbocycles. The van der Waals surface area contributed by atoms with E-state index in [0.29, 0.717) is 11.5 Å². The maximum atomic E-state index is 11.2. The quantitative estimate of drug-likeness (QED) is 0.635. The third-order valence-corrected chi connectivity index (χ3v) is 4.45. The van der Waals surface area contributed by atoms with Crippen LogP contribution in [0.25, 0.3) is 0 Å². The summed E-state index contributed by atoms with van der Waals surface area (Å²) in [6.45, 7) is 3.56. The molecule has 2 fully saturated rings. The van der Waals surface area contributed by atoms with Gasteiger partial charge in [0.25, 0.3) is 5.69 Å². The van der Waals surface area contributed by atoms with Crippen molar-refractivity contribution in [1.29, 1.82) is 0 Å². The number of benzene rings is 1. The average molecular weight is 307 g/mol. The Kier molecular flexibility index (Phi) is 4.17. The van der Waals surface area contributed by atoms with Crippen molar-refractivity contribution in [2.24, 2.45) is 5.92 Å². The van der Waals surface area contributed by atoms with Crippen molar-refractivity contribution in [3.8, 4) is 11.5 Å². The normalized spacial score (nSPS) is 20.6. The van der Waals surface area contributed by atoms with Crippen LogP contribution in [0.5, 0.6) is 11.5 Å². The van der Waals surface area contributed by atoms with Crippen LogP contribution in [0.1, 0.15) is 24.4 Å². The van der Waals surface area contributed by atoms with E-state index < -0.39 is 4.92 Å². The number of nitro benzene ring substituents is 1. The number of non-ortho nitro benzene ring substituents is 1. The minimum Gasteiger partial charge on any atom is -0.504 e. The van der Waals surface area contributed by atoms with E-state index >= 15 is 0 Å². The fraction of sp³-hybridized carbons (Fsp3) is 0.600. The first-order valence-corrected chi connectivity index (χ1v) is 7.62. The van der Waals surface area contributed by atoms with Crippen LogP contribution in [0.2, 0.25) is 0 Å². The maximum Gasteiger partial charge on any atom is 0.273 e. The fourth-order valence-electron chi connectivity index (χ4n) is 3.22. The van der Waals surface area contributed by atoms with Crippen LogP contribution in [0.3, 0.4) is 0 Å². The molecule has 7 heteroatoms. The lowest BCUT2D eigenvalue weighted by Gasteiger charge is -2.35. The van der Waals surface area contributed by atoms with Crippen molar-refractivity contribution < 1.29 is 14.8 Å². The third kappa shape index (κ3) is 2.86. The highest BCUT2D eigenvalue weighted by molar-refractivity contribution is 5.55. The molecule has 2 N–H and O–H groups in total. The van der Waals surface area contributed by atoms with Gasteiger partial charge in [-0.1, -0.05) is 0 Å². The van der Waals surface area contributed by atoms with Crippen molar-refractivity contribution in [2.45, 2.75) is 18.9 Å². The minimum atomic E-state index is -0.437. The van der Waals surface area contributed by atoms with Crippen LogP contribution < -0.4 is 10.1 Å². The van der Waals surface area contributed by atoms with Gasteiger partial charge in [-0.25, -0.2) is 0 Å². The summed E-state index contributed by atoms with van der Waals surface area (Å²) in [5, 5.41) is 25.0. The Labute approximate surface area is 129 Å². The average Bonchev–Trinajstić information content (AvgIpc) is 3.35. The van der Waals surface area contributed by atoms with Gasteiger partial charge in [-0.2, -0.15) is 0 Å². The first-order chi connectivity index (χ1) is 10.6. The second kappa shape index (κ2) is 6.10. The molecule has 1 aliphatic carbocycles. The van der Waals surface area contributed by atoms with Gasteiger partial charge in [0.15, 0.2) is 11.5 Å². The number of piperazine rings is 1. The Morgan fingerprint density at radius 3 is 2.64 bits per heavy atom. The second-order valence-corrected chi connectivity index (χ2v) is 5.91. The zero-order valence-corrected chi connectivity index (χ0v) is 12.6. The van der Waals surface area contributed by atoms with E-state index in [-0.39, 0.29) is 23.2 Å². The maximum absolute atomic E-state index is 11.2. The van der Waals surface area contributed by atoms with E-state index in [1.54, 1.807) is 0 Å². The standard InChI is InChI=1S/C15H21N3O4/c1-22-13-9-11(18(20)21)8-12(15(13)19)14(10-2-3-10)17-6-4-16-5-7-17/h8-10,14,16,19H,2-7H2,1H3/t14-/m0/s1. The minimum absolute atomic E-state index is 0.0240. The number of hydrogen-bond acceptors (Lipinski definition) is 6. The van der Waals surface area contributed by atoms with E-state index in [1.807, 2.05) is 0 Å². The molecule has 0 radical (unpaired) electrons. The fourth-order valence-corrected chi connectivity index (χ4v) is 3.22. The summed E-state index contributed by atoms with van der Waals surface area (Å²) in [4.78, 5) is 13.0. The summed E-state index contributed by atoms with van der Waals surface area (Å²) in [6, 6.07) is 2.81. The largest absolute Gasteiger partial charge is 0.504 e. The van der Waals surface area contributed by atoms with E-state index in [2.05, 4.69) is 10.2 Å². The molecule has 0 spiro atoms. The second-order valence-electron chi connectivity index (χ2n) is 5.91. The Morgan fingerprint density at radius 2 is 2.09 bits per heavy atom. The number of phenols is 1. The number of hydrogen-bond donors (Lipinski definition) is 2. The van der Waals surface area contributed by atoms with E-state index in [1.165, 1.54) is 19.2 Å². The zero-order chi connectivity index (χ0) is 15.7. The summed E-state index contributed by atoms with van der Waals surface area (Å²) in [6.07, 6.45) is 2.19. The predicted octanol–water partition coefficient (Wildman–Crippen LogP) is 1.67. The van der Waals surface area contributed by atoms with Gasteiger partial charge in [-0.05, 0) is 18.8 Å². The Morgan fingerprint density at radius 1 is 1.41 bits per heavy atom. The van der Waals surface area contributed by atoms with Crippen LogP contribution in [0.15, 0.2) is 12.1 Å². The molecular weight excluding hydrogens is 286 g/mol. The van der Waals surface area contributed by atoms with E-state index in [9.17, 15) is 15.2 Å². The summed E-state index contributed by atoms with van der Waals surface area (Å²) < 4.78 is 5.13. The molecule has 7 nitrogen and oxygen atoms in total. The first kappa shape index (κ1) is 15.1. The van der Waals surface area contributed by atoms with Crippen molar-refractivity contribution in [3.05, 3.63) is 27.8 Å². The highest BCUT2D eigenvalue weighted by Gasteiger charge is 2.39. The number of nitro groups is 1. The van der Waals surface area contributed by atoms with E-state index in [0.717, 1.165) is 39.0 Å². The van der Waals surface area contributed by atoms with Crippen molar-refractivity contribution >= 4 is 5.69 Å². The Bertz CT molecular complexity index is 568. The van der Waals surface area contributed by atoms with Crippen LogP contribution in [-0.4, -0.2) is 48.2 Å². The molecule has 0 amide bonds. The topological polar surface area (TPSA) is 87.9 Å². The third-order valence-electron chi connectivity index (χ3n) is 4.45. The molecule has 1 aromatic rings.